The Morgan fingerprint density at radius 3 is 2.52 bits per heavy atom. The maximum atomic E-state index is 12.1. The van der Waals surface area contributed by atoms with E-state index in [1.807, 2.05) is 6.08 Å². The standard InChI is InChI=1S/C23H37NO4S/c1-21(2)10-6-11-22(3)18(21)9-12-23(13-14-23)19(22)8-5-7-16-17(15-28-20(16)25)24-29(4,26)27/h7,17-19,24H,5-6,8-15H2,1-4H3/b16-7-/t17?,18-,19+,22-/m0/s1. The van der Waals surface area contributed by atoms with Gasteiger partial charge in [0.1, 0.15) is 6.61 Å². The maximum Gasteiger partial charge on any atom is 0.335 e. The molecule has 1 unspecified atom stereocenters. The number of sulfonamides is 1. The largest absolute Gasteiger partial charge is 0.460 e. The lowest BCUT2D eigenvalue weighted by atomic mass is 9.45. The van der Waals surface area contributed by atoms with Gasteiger partial charge in [0.05, 0.1) is 17.9 Å². The van der Waals surface area contributed by atoms with Crippen LogP contribution in [0.25, 0.3) is 0 Å². The molecule has 5 nitrogen and oxygen atoms in total. The lowest BCUT2D eigenvalue weighted by Crippen LogP contribution is -2.52. The molecule has 0 bridgehead atoms. The van der Waals surface area contributed by atoms with E-state index in [1.165, 1.54) is 44.9 Å². The quantitative estimate of drug-likeness (QED) is 0.532. The van der Waals surface area contributed by atoms with Crippen molar-refractivity contribution in [2.75, 3.05) is 12.9 Å². The molecular weight excluding hydrogens is 386 g/mol. The molecule has 0 aromatic carbocycles. The molecular formula is C23H37NO4S. The van der Waals surface area contributed by atoms with Crippen molar-refractivity contribution < 1.29 is 17.9 Å². The summed E-state index contributed by atoms with van der Waals surface area (Å²) in [5.41, 5.74) is 1.81. The van der Waals surface area contributed by atoms with Crippen molar-refractivity contribution in [3.63, 3.8) is 0 Å². The first-order valence-corrected chi connectivity index (χ1v) is 13.2. The van der Waals surface area contributed by atoms with Crippen molar-refractivity contribution in [2.24, 2.45) is 28.1 Å². The Morgan fingerprint density at radius 2 is 1.86 bits per heavy atom. The van der Waals surface area contributed by atoms with E-state index in [-0.39, 0.29) is 12.6 Å². The first-order valence-electron chi connectivity index (χ1n) is 11.3. The third-order valence-electron chi connectivity index (χ3n) is 8.80. The van der Waals surface area contributed by atoms with Crippen molar-refractivity contribution in [1.29, 1.82) is 0 Å². The maximum absolute atomic E-state index is 12.1. The van der Waals surface area contributed by atoms with Crippen LogP contribution in [0, 0.1) is 28.1 Å². The lowest BCUT2D eigenvalue weighted by Gasteiger charge is -2.60. The zero-order valence-corrected chi connectivity index (χ0v) is 19.2. The first kappa shape index (κ1) is 21.4. The van der Waals surface area contributed by atoms with Crippen LogP contribution in [0.15, 0.2) is 11.6 Å². The minimum atomic E-state index is -3.38. The van der Waals surface area contributed by atoms with E-state index in [4.69, 9.17) is 4.74 Å². The number of cyclic esters (lactones) is 1. The molecule has 0 aromatic rings. The molecule has 1 aliphatic heterocycles. The molecule has 1 N–H and O–H groups in total. The molecule has 4 atom stereocenters. The van der Waals surface area contributed by atoms with Gasteiger partial charge in [-0.2, -0.15) is 0 Å². The predicted molar refractivity (Wildman–Crippen MR) is 114 cm³/mol. The number of carbonyl (C=O) groups is 1. The van der Waals surface area contributed by atoms with Gasteiger partial charge in [-0.1, -0.05) is 33.3 Å². The Labute approximate surface area is 176 Å². The van der Waals surface area contributed by atoms with Crippen molar-refractivity contribution in [1.82, 2.24) is 4.72 Å². The first-order chi connectivity index (χ1) is 13.5. The van der Waals surface area contributed by atoms with Gasteiger partial charge in [0.25, 0.3) is 0 Å². The summed E-state index contributed by atoms with van der Waals surface area (Å²) in [6.45, 7) is 7.58. The fourth-order valence-corrected chi connectivity index (χ4v) is 8.18. The number of carbonyl (C=O) groups excluding carboxylic acids is 1. The highest BCUT2D eigenvalue weighted by atomic mass is 32.2. The Balaban J connectivity index is 1.52. The lowest BCUT2D eigenvalue weighted by molar-refractivity contribution is -0.135. The van der Waals surface area contributed by atoms with Crippen LogP contribution in [0.5, 0.6) is 0 Å². The molecule has 3 aliphatic carbocycles. The Bertz CT molecular complexity index is 811. The minimum absolute atomic E-state index is 0.0963. The third-order valence-corrected chi connectivity index (χ3v) is 9.52. The summed E-state index contributed by atoms with van der Waals surface area (Å²) >= 11 is 0. The van der Waals surface area contributed by atoms with E-state index >= 15 is 0 Å². The molecule has 0 amide bonds. The molecule has 164 valence electrons. The zero-order valence-electron chi connectivity index (χ0n) is 18.4. The number of allylic oxidation sites excluding steroid dienone is 1. The van der Waals surface area contributed by atoms with Gasteiger partial charge in [-0.3, -0.25) is 0 Å². The highest BCUT2D eigenvalue weighted by Gasteiger charge is 2.62. The highest BCUT2D eigenvalue weighted by Crippen LogP contribution is 2.72. The number of fused-ring (bicyclic) bond motifs is 1. The van der Waals surface area contributed by atoms with Crippen LogP contribution in [0.4, 0.5) is 0 Å². The fourth-order valence-electron chi connectivity index (χ4n) is 7.47. The third kappa shape index (κ3) is 3.91. The fraction of sp³-hybridized carbons (Fsp3) is 0.870. The predicted octanol–water partition coefficient (Wildman–Crippen LogP) is 4.19. The normalized spacial score (nSPS) is 39.4. The van der Waals surface area contributed by atoms with Crippen molar-refractivity contribution in [3.05, 3.63) is 11.6 Å². The molecule has 4 rings (SSSR count). The minimum Gasteiger partial charge on any atom is -0.460 e. The number of hydrogen-bond donors (Lipinski definition) is 1. The van der Waals surface area contributed by atoms with Gasteiger partial charge in [-0.25, -0.2) is 17.9 Å². The molecule has 4 fully saturated rings. The van der Waals surface area contributed by atoms with Crippen molar-refractivity contribution >= 4 is 16.0 Å². The smallest absolute Gasteiger partial charge is 0.335 e. The van der Waals surface area contributed by atoms with Gasteiger partial charge < -0.3 is 4.74 Å². The monoisotopic (exact) mass is 423 g/mol. The molecule has 3 saturated carbocycles. The van der Waals surface area contributed by atoms with Crippen LogP contribution < -0.4 is 4.72 Å². The van der Waals surface area contributed by atoms with Crippen molar-refractivity contribution in [2.45, 2.75) is 84.6 Å². The van der Waals surface area contributed by atoms with E-state index in [2.05, 4.69) is 25.5 Å². The van der Waals surface area contributed by atoms with Gasteiger partial charge in [0.2, 0.25) is 10.0 Å². The average molecular weight is 424 g/mol. The van der Waals surface area contributed by atoms with Gasteiger partial charge >= 0.3 is 5.97 Å². The summed E-state index contributed by atoms with van der Waals surface area (Å²) in [5, 5.41) is 0. The number of nitrogens with one attached hydrogen (secondary N) is 1. The van der Waals surface area contributed by atoms with Gasteiger partial charge in [-0.05, 0) is 79.4 Å². The van der Waals surface area contributed by atoms with Crippen LogP contribution in [-0.2, 0) is 19.6 Å². The van der Waals surface area contributed by atoms with Gasteiger partial charge in [0.15, 0.2) is 0 Å². The number of hydrogen-bond acceptors (Lipinski definition) is 4. The summed E-state index contributed by atoms with van der Waals surface area (Å²) in [5.74, 6) is 1.10. The van der Waals surface area contributed by atoms with E-state index in [0.717, 1.165) is 25.0 Å². The summed E-state index contributed by atoms with van der Waals surface area (Å²) in [7, 11) is -3.38. The second kappa shape index (κ2) is 7.08. The molecule has 1 heterocycles. The van der Waals surface area contributed by atoms with E-state index in [1.54, 1.807) is 0 Å². The summed E-state index contributed by atoms with van der Waals surface area (Å²) in [4.78, 5) is 12.1. The SMILES string of the molecule is CC1(C)CCC[C@@]2(C)[C@H]1CCC1(CC1)[C@@H]2CC/C=C1\C(=O)OCC1NS(C)(=O)=O. The van der Waals surface area contributed by atoms with E-state index in [9.17, 15) is 13.2 Å². The molecule has 29 heavy (non-hydrogen) atoms. The Hall–Kier alpha value is -0.880. The second-order valence-electron chi connectivity index (χ2n) is 11.1. The number of ether oxygens (including phenoxy) is 1. The average Bonchev–Trinajstić information content (AvgIpc) is 3.28. The summed E-state index contributed by atoms with van der Waals surface area (Å²) < 4.78 is 30.9. The van der Waals surface area contributed by atoms with Crippen LogP contribution in [0.1, 0.15) is 78.6 Å². The number of esters is 1. The second-order valence-corrected chi connectivity index (χ2v) is 12.9. The summed E-state index contributed by atoms with van der Waals surface area (Å²) in [6.07, 6.45) is 14.4. The topological polar surface area (TPSA) is 72.5 Å². The van der Waals surface area contributed by atoms with Gasteiger partial charge in [0, 0.05) is 0 Å². The zero-order chi connectivity index (χ0) is 21.1. The molecule has 1 saturated heterocycles. The highest BCUT2D eigenvalue weighted by molar-refractivity contribution is 7.88. The van der Waals surface area contributed by atoms with Crippen LogP contribution in [-0.4, -0.2) is 33.3 Å². The molecule has 4 aliphatic rings. The molecule has 0 aromatic heterocycles. The van der Waals surface area contributed by atoms with E-state index < -0.39 is 16.1 Å². The van der Waals surface area contributed by atoms with Gasteiger partial charge in [-0.15, -0.1) is 0 Å². The van der Waals surface area contributed by atoms with Crippen LogP contribution in [0.3, 0.4) is 0 Å². The molecule has 1 spiro atoms. The Kier molecular flexibility index (Phi) is 5.21. The molecule has 0 radical (unpaired) electrons. The molecule has 6 heteroatoms. The van der Waals surface area contributed by atoms with Crippen molar-refractivity contribution in [3.8, 4) is 0 Å². The number of rotatable bonds is 5. The Morgan fingerprint density at radius 1 is 1.14 bits per heavy atom. The summed E-state index contributed by atoms with van der Waals surface area (Å²) in [6, 6.07) is -0.546. The van der Waals surface area contributed by atoms with E-state index in [0.29, 0.717) is 27.7 Å². The van der Waals surface area contributed by atoms with Crippen LogP contribution >= 0.6 is 0 Å². The van der Waals surface area contributed by atoms with Crippen LogP contribution in [0.2, 0.25) is 0 Å².